The maximum atomic E-state index is 13.1. The summed E-state index contributed by atoms with van der Waals surface area (Å²) in [5, 5.41) is 11.4. The van der Waals surface area contributed by atoms with E-state index in [1.165, 1.54) is 27.8 Å². The van der Waals surface area contributed by atoms with Crippen molar-refractivity contribution in [1.29, 1.82) is 0 Å². The SMILES string of the molecule is Br.CCN(CC)S(=O)(=O)c1ccc(-c2csc(=Nc3ccc(F)cc3)n2CCO)cc1. The van der Waals surface area contributed by atoms with Crippen molar-refractivity contribution in [1.82, 2.24) is 8.87 Å². The zero-order valence-corrected chi connectivity index (χ0v) is 20.6. The standard InChI is InChI=1S/C21H24FN3O3S2.BrH/c1-3-24(4-2)30(27,28)19-11-5-16(6-12-19)20-15-29-21(25(20)13-14-26)23-18-9-7-17(22)8-10-18;/h5-12,15,26H,3-4,13-14H2,1-2H3;1H. The lowest BCUT2D eigenvalue weighted by atomic mass is 10.2. The third kappa shape index (κ3) is 5.69. The van der Waals surface area contributed by atoms with Crippen LogP contribution in [0.1, 0.15) is 13.8 Å². The van der Waals surface area contributed by atoms with Gasteiger partial charge in [-0.1, -0.05) is 26.0 Å². The first-order chi connectivity index (χ1) is 14.4. The molecule has 168 valence electrons. The summed E-state index contributed by atoms with van der Waals surface area (Å²) in [6.07, 6.45) is 0. The molecule has 0 spiro atoms. The van der Waals surface area contributed by atoms with Gasteiger partial charge in [-0.25, -0.2) is 17.8 Å². The number of hydrogen-bond donors (Lipinski definition) is 1. The van der Waals surface area contributed by atoms with Gasteiger partial charge in [0.15, 0.2) is 4.80 Å². The predicted octanol–water partition coefficient (Wildman–Crippen LogP) is 4.19. The normalized spacial score (nSPS) is 12.2. The first kappa shape index (κ1) is 25.4. The molecule has 1 N–H and O–H groups in total. The Balaban J connectivity index is 0.00000341. The zero-order chi connectivity index (χ0) is 21.7. The molecule has 1 aromatic heterocycles. The maximum absolute atomic E-state index is 13.1. The van der Waals surface area contributed by atoms with Crippen molar-refractivity contribution in [2.75, 3.05) is 19.7 Å². The number of sulfonamides is 1. The average molecular weight is 530 g/mol. The van der Waals surface area contributed by atoms with Gasteiger partial charge in [0.1, 0.15) is 5.82 Å². The number of aromatic nitrogens is 1. The molecular weight excluding hydrogens is 505 g/mol. The van der Waals surface area contributed by atoms with Gasteiger partial charge in [0.25, 0.3) is 0 Å². The summed E-state index contributed by atoms with van der Waals surface area (Å²) in [7, 11) is -3.52. The summed E-state index contributed by atoms with van der Waals surface area (Å²) in [6.45, 7) is 4.70. The summed E-state index contributed by atoms with van der Waals surface area (Å²) in [5.74, 6) is -0.330. The number of aliphatic hydroxyl groups excluding tert-OH is 1. The molecule has 0 aliphatic carbocycles. The van der Waals surface area contributed by atoms with E-state index >= 15 is 0 Å². The fraction of sp³-hybridized carbons (Fsp3) is 0.286. The molecule has 0 unspecified atom stereocenters. The largest absolute Gasteiger partial charge is 0.395 e. The minimum Gasteiger partial charge on any atom is -0.395 e. The second-order valence-corrected chi connectivity index (χ2v) is 9.26. The Morgan fingerprint density at radius 3 is 2.23 bits per heavy atom. The highest BCUT2D eigenvalue weighted by atomic mass is 79.9. The van der Waals surface area contributed by atoms with Gasteiger partial charge in [0, 0.05) is 25.0 Å². The van der Waals surface area contributed by atoms with Crippen molar-refractivity contribution in [3.8, 4) is 11.3 Å². The van der Waals surface area contributed by atoms with Crippen molar-refractivity contribution in [3.05, 3.63) is 64.5 Å². The smallest absolute Gasteiger partial charge is 0.243 e. The minimum atomic E-state index is -3.52. The van der Waals surface area contributed by atoms with Gasteiger partial charge in [-0.2, -0.15) is 4.31 Å². The monoisotopic (exact) mass is 529 g/mol. The molecule has 0 amide bonds. The van der Waals surface area contributed by atoms with Gasteiger partial charge >= 0.3 is 0 Å². The number of benzene rings is 2. The number of aliphatic hydroxyl groups is 1. The molecule has 0 bridgehead atoms. The molecule has 0 saturated carbocycles. The average Bonchev–Trinajstić information content (AvgIpc) is 3.13. The van der Waals surface area contributed by atoms with E-state index in [2.05, 4.69) is 4.99 Å². The van der Waals surface area contributed by atoms with E-state index in [0.29, 0.717) is 30.1 Å². The Hall–Kier alpha value is -1.85. The molecule has 0 aliphatic rings. The van der Waals surface area contributed by atoms with Crippen molar-refractivity contribution in [2.45, 2.75) is 25.3 Å². The zero-order valence-electron chi connectivity index (χ0n) is 17.2. The minimum absolute atomic E-state index is 0. The molecule has 10 heteroatoms. The fourth-order valence-electron chi connectivity index (χ4n) is 3.10. The highest BCUT2D eigenvalue weighted by Gasteiger charge is 2.21. The van der Waals surface area contributed by atoms with Gasteiger partial charge in [0.2, 0.25) is 10.0 Å². The lowest BCUT2D eigenvalue weighted by Crippen LogP contribution is -2.30. The Morgan fingerprint density at radius 2 is 1.68 bits per heavy atom. The molecule has 3 rings (SSSR count). The van der Waals surface area contributed by atoms with Crippen LogP contribution < -0.4 is 4.80 Å². The Labute approximate surface area is 196 Å². The lowest BCUT2D eigenvalue weighted by Gasteiger charge is -2.18. The second-order valence-electron chi connectivity index (χ2n) is 6.48. The molecule has 0 fully saturated rings. The fourth-order valence-corrected chi connectivity index (χ4v) is 5.52. The molecular formula is C21H25BrFN3O3S2. The van der Waals surface area contributed by atoms with Gasteiger partial charge in [-0.05, 0) is 42.0 Å². The highest BCUT2D eigenvalue weighted by Crippen LogP contribution is 2.24. The number of thiazole rings is 1. The lowest BCUT2D eigenvalue weighted by molar-refractivity contribution is 0.275. The van der Waals surface area contributed by atoms with Crippen molar-refractivity contribution in [3.63, 3.8) is 0 Å². The summed E-state index contributed by atoms with van der Waals surface area (Å²) >= 11 is 1.40. The molecule has 2 aromatic carbocycles. The molecule has 3 aromatic rings. The first-order valence-electron chi connectivity index (χ1n) is 9.60. The van der Waals surface area contributed by atoms with Crippen LogP contribution in [-0.4, -0.2) is 42.1 Å². The summed E-state index contributed by atoms with van der Waals surface area (Å²) < 4.78 is 41.8. The Morgan fingerprint density at radius 1 is 1.06 bits per heavy atom. The molecule has 31 heavy (non-hydrogen) atoms. The second kappa shape index (κ2) is 11.1. The third-order valence-corrected chi connectivity index (χ3v) is 7.59. The van der Waals surface area contributed by atoms with E-state index in [1.807, 2.05) is 23.8 Å². The van der Waals surface area contributed by atoms with E-state index < -0.39 is 10.0 Å². The highest BCUT2D eigenvalue weighted by molar-refractivity contribution is 8.93. The van der Waals surface area contributed by atoms with E-state index in [-0.39, 0.29) is 34.3 Å². The van der Waals surface area contributed by atoms with Gasteiger partial charge in [-0.15, -0.1) is 28.3 Å². The quantitative estimate of drug-likeness (QED) is 0.475. The number of hydrogen-bond acceptors (Lipinski definition) is 5. The Bertz CT molecular complexity index is 1150. The number of halogens is 2. The molecule has 0 aliphatic heterocycles. The van der Waals surface area contributed by atoms with E-state index in [4.69, 9.17) is 0 Å². The predicted molar refractivity (Wildman–Crippen MR) is 127 cm³/mol. The van der Waals surface area contributed by atoms with Crippen LogP contribution in [-0.2, 0) is 16.6 Å². The number of nitrogens with zero attached hydrogens (tertiary/aromatic N) is 3. The van der Waals surface area contributed by atoms with Crippen LogP contribution in [0, 0.1) is 5.82 Å². The summed E-state index contributed by atoms with van der Waals surface area (Å²) in [6, 6.07) is 12.6. The van der Waals surface area contributed by atoms with Crippen LogP contribution >= 0.6 is 28.3 Å². The van der Waals surface area contributed by atoms with Crippen LogP contribution in [0.2, 0.25) is 0 Å². The van der Waals surface area contributed by atoms with Crippen LogP contribution in [0.5, 0.6) is 0 Å². The topological polar surface area (TPSA) is 74.9 Å². The van der Waals surface area contributed by atoms with Crippen LogP contribution in [0.15, 0.2) is 63.8 Å². The maximum Gasteiger partial charge on any atom is 0.243 e. The van der Waals surface area contributed by atoms with Crippen molar-refractivity contribution >= 4 is 44.0 Å². The molecule has 0 atom stereocenters. The van der Waals surface area contributed by atoms with Crippen LogP contribution in [0.25, 0.3) is 11.3 Å². The van der Waals surface area contributed by atoms with Gasteiger partial charge < -0.3 is 9.67 Å². The van der Waals surface area contributed by atoms with E-state index in [1.54, 1.807) is 36.4 Å². The van der Waals surface area contributed by atoms with E-state index in [9.17, 15) is 17.9 Å². The molecule has 6 nitrogen and oxygen atoms in total. The number of rotatable bonds is 8. The molecule has 1 heterocycles. The Kier molecular flexibility index (Phi) is 9.14. The first-order valence-corrected chi connectivity index (χ1v) is 11.9. The summed E-state index contributed by atoms with van der Waals surface area (Å²) in [4.78, 5) is 5.45. The van der Waals surface area contributed by atoms with Gasteiger partial charge in [0.05, 0.1) is 22.9 Å². The van der Waals surface area contributed by atoms with E-state index in [0.717, 1.165) is 11.3 Å². The molecule has 0 saturated heterocycles. The van der Waals surface area contributed by atoms with Crippen LogP contribution in [0.3, 0.4) is 0 Å². The molecule has 0 radical (unpaired) electrons. The third-order valence-electron chi connectivity index (χ3n) is 4.67. The van der Waals surface area contributed by atoms with Gasteiger partial charge in [-0.3, -0.25) is 0 Å². The van der Waals surface area contributed by atoms with Crippen LogP contribution in [0.4, 0.5) is 10.1 Å². The van der Waals surface area contributed by atoms with Crippen molar-refractivity contribution in [2.24, 2.45) is 4.99 Å². The summed E-state index contributed by atoms with van der Waals surface area (Å²) in [5.41, 5.74) is 2.25. The van der Waals surface area contributed by atoms with Crippen molar-refractivity contribution < 1.29 is 17.9 Å².